The second-order valence-electron chi connectivity index (χ2n) is 2.52. The Bertz CT molecular complexity index is 283. The molecule has 0 radical (unpaired) electrons. The van der Waals surface area contributed by atoms with Crippen molar-refractivity contribution in [1.29, 1.82) is 0 Å². The van der Waals surface area contributed by atoms with Crippen LogP contribution in [0.15, 0.2) is 18.3 Å². The van der Waals surface area contributed by atoms with E-state index in [4.69, 9.17) is 5.73 Å². The molecule has 13 heavy (non-hydrogen) atoms. The molecular weight excluding hydrogens is 168 g/mol. The van der Waals surface area contributed by atoms with Gasteiger partial charge < -0.3 is 16.4 Å². The van der Waals surface area contributed by atoms with Crippen LogP contribution in [0.25, 0.3) is 0 Å². The maximum absolute atomic E-state index is 10.4. The Morgan fingerprint density at radius 3 is 2.85 bits per heavy atom. The molecule has 0 atom stereocenters. The fraction of sp³-hybridized carbons (Fsp3) is 0.250. The Balaban J connectivity index is 2.54. The lowest BCUT2D eigenvalue weighted by Crippen LogP contribution is -2.28. The number of anilines is 1. The zero-order valence-electron chi connectivity index (χ0n) is 7.37. The number of nitrogens with zero attached hydrogens (tertiary/aromatic N) is 1. The number of carbonyl (C=O) groups is 1. The highest BCUT2D eigenvalue weighted by molar-refractivity contribution is 5.71. The quantitative estimate of drug-likeness (QED) is 0.625. The van der Waals surface area contributed by atoms with Crippen LogP contribution in [0.2, 0.25) is 0 Å². The molecule has 1 rings (SSSR count). The van der Waals surface area contributed by atoms with Gasteiger partial charge >= 0.3 is 6.03 Å². The van der Waals surface area contributed by atoms with Crippen LogP contribution in [0.3, 0.4) is 0 Å². The van der Waals surface area contributed by atoms with E-state index in [0.29, 0.717) is 6.54 Å². The molecule has 0 unspecified atom stereocenters. The van der Waals surface area contributed by atoms with E-state index in [1.54, 1.807) is 13.2 Å². The number of primary amides is 1. The van der Waals surface area contributed by atoms with Crippen LogP contribution in [0.5, 0.6) is 0 Å². The SMILES string of the molecule is CNc1ccc(CNC(N)=O)cn1. The summed E-state index contributed by atoms with van der Waals surface area (Å²) in [6, 6.07) is 3.17. The molecule has 4 N–H and O–H groups in total. The Morgan fingerprint density at radius 2 is 2.38 bits per heavy atom. The Kier molecular flexibility index (Phi) is 3.08. The molecule has 1 heterocycles. The van der Waals surface area contributed by atoms with Gasteiger partial charge in [-0.15, -0.1) is 0 Å². The molecule has 0 spiro atoms. The molecule has 5 nitrogen and oxygen atoms in total. The number of rotatable bonds is 3. The van der Waals surface area contributed by atoms with Crippen molar-refractivity contribution in [3.63, 3.8) is 0 Å². The fourth-order valence-electron chi connectivity index (χ4n) is 0.866. The van der Waals surface area contributed by atoms with Gasteiger partial charge in [-0.1, -0.05) is 6.07 Å². The third-order valence-corrected chi connectivity index (χ3v) is 1.55. The van der Waals surface area contributed by atoms with Crippen LogP contribution in [-0.2, 0) is 6.54 Å². The number of urea groups is 1. The first-order valence-electron chi connectivity index (χ1n) is 3.88. The molecule has 0 aliphatic heterocycles. The smallest absolute Gasteiger partial charge is 0.312 e. The summed E-state index contributed by atoms with van der Waals surface area (Å²) in [7, 11) is 1.80. The molecule has 0 fully saturated rings. The van der Waals surface area contributed by atoms with Gasteiger partial charge in [-0.2, -0.15) is 0 Å². The zero-order chi connectivity index (χ0) is 9.68. The number of amides is 2. The van der Waals surface area contributed by atoms with E-state index >= 15 is 0 Å². The molecule has 0 aromatic carbocycles. The van der Waals surface area contributed by atoms with Gasteiger partial charge in [0.25, 0.3) is 0 Å². The fourth-order valence-corrected chi connectivity index (χ4v) is 0.866. The summed E-state index contributed by atoms with van der Waals surface area (Å²) < 4.78 is 0. The van der Waals surface area contributed by atoms with E-state index in [2.05, 4.69) is 15.6 Å². The Morgan fingerprint density at radius 1 is 1.62 bits per heavy atom. The van der Waals surface area contributed by atoms with Gasteiger partial charge in [0.2, 0.25) is 0 Å². The second kappa shape index (κ2) is 4.30. The summed E-state index contributed by atoms with van der Waals surface area (Å²) in [6.07, 6.45) is 1.68. The van der Waals surface area contributed by atoms with Gasteiger partial charge in [-0.25, -0.2) is 9.78 Å². The highest BCUT2D eigenvalue weighted by atomic mass is 16.2. The minimum absolute atomic E-state index is 0.409. The maximum Gasteiger partial charge on any atom is 0.312 e. The molecule has 2 amide bonds. The van der Waals surface area contributed by atoms with E-state index in [-0.39, 0.29) is 0 Å². The average molecular weight is 180 g/mol. The molecule has 5 heteroatoms. The number of aromatic nitrogens is 1. The standard InChI is InChI=1S/C8H12N4O/c1-10-7-3-2-6(4-11-7)5-12-8(9)13/h2-4H,5H2,1H3,(H,10,11)(H3,9,12,13). The molecule has 0 aliphatic rings. The molecular formula is C8H12N4O. The van der Waals surface area contributed by atoms with Gasteiger partial charge in [0.15, 0.2) is 0 Å². The third-order valence-electron chi connectivity index (χ3n) is 1.55. The van der Waals surface area contributed by atoms with E-state index in [9.17, 15) is 4.79 Å². The number of hydrogen-bond acceptors (Lipinski definition) is 3. The van der Waals surface area contributed by atoms with Gasteiger partial charge in [-0.05, 0) is 11.6 Å². The van der Waals surface area contributed by atoms with Crippen molar-refractivity contribution in [2.45, 2.75) is 6.54 Å². The summed E-state index contributed by atoms with van der Waals surface area (Å²) >= 11 is 0. The lowest BCUT2D eigenvalue weighted by atomic mass is 10.3. The molecule has 1 aromatic heterocycles. The molecule has 0 aliphatic carbocycles. The minimum Gasteiger partial charge on any atom is -0.373 e. The van der Waals surface area contributed by atoms with Crippen LogP contribution < -0.4 is 16.4 Å². The first-order chi connectivity index (χ1) is 6.22. The van der Waals surface area contributed by atoms with Gasteiger partial charge in [0, 0.05) is 19.8 Å². The van der Waals surface area contributed by atoms with Crippen LogP contribution in [0.4, 0.5) is 10.6 Å². The van der Waals surface area contributed by atoms with Crippen molar-refractivity contribution < 1.29 is 4.79 Å². The average Bonchev–Trinajstić information content (AvgIpc) is 2.15. The first kappa shape index (κ1) is 9.31. The highest BCUT2D eigenvalue weighted by Gasteiger charge is 1.95. The summed E-state index contributed by atoms with van der Waals surface area (Å²) in [5, 5.41) is 5.37. The molecule has 0 saturated heterocycles. The molecule has 0 saturated carbocycles. The van der Waals surface area contributed by atoms with E-state index in [1.165, 1.54) is 0 Å². The number of nitrogens with two attached hydrogens (primary N) is 1. The van der Waals surface area contributed by atoms with Crippen molar-refractivity contribution in [2.75, 3.05) is 12.4 Å². The largest absolute Gasteiger partial charge is 0.373 e. The topological polar surface area (TPSA) is 80.0 Å². The number of pyridine rings is 1. The second-order valence-corrected chi connectivity index (χ2v) is 2.52. The first-order valence-corrected chi connectivity index (χ1v) is 3.88. The summed E-state index contributed by atoms with van der Waals surface area (Å²) in [5.74, 6) is 0.794. The third kappa shape index (κ3) is 2.98. The van der Waals surface area contributed by atoms with Crippen molar-refractivity contribution in [1.82, 2.24) is 10.3 Å². The summed E-state index contributed by atoms with van der Waals surface area (Å²) in [6.45, 7) is 0.409. The lowest BCUT2D eigenvalue weighted by Gasteiger charge is -2.02. The molecule has 1 aromatic rings. The monoisotopic (exact) mass is 180 g/mol. The molecule has 70 valence electrons. The van der Waals surface area contributed by atoms with Crippen molar-refractivity contribution >= 4 is 11.8 Å². The Labute approximate surface area is 76.3 Å². The van der Waals surface area contributed by atoms with Gasteiger partial charge in [-0.3, -0.25) is 0 Å². The molecule has 0 bridgehead atoms. The predicted octanol–water partition coefficient (Wildman–Crippen LogP) is 0.292. The number of carbonyl (C=O) groups excluding carboxylic acids is 1. The van der Waals surface area contributed by atoms with Crippen molar-refractivity contribution in [2.24, 2.45) is 5.73 Å². The van der Waals surface area contributed by atoms with Gasteiger partial charge in [0.05, 0.1) is 0 Å². The van der Waals surface area contributed by atoms with Crippen LogP contribution in [-0.4, -0.2) is 18.1 Å². The lowest BCUT2D eigenvalue weighted by molar-refractivity contribution is 0.248. The normalized spacial score (nSPS) is 9.31. The maximum atomic E-state index is 10.4. The van der Waals surface area contributed by atoms with Crippen LogP contribution >= 0.6 is 0 Å². The van der Waals surface area contributed by atoms with Gasteiger partial charge in [0.1, 0.15) is 5.82 Å². The zero-order valence-corrected chi connectivity index (χ0v) is 7.37. The van der Waals surface area contributed by atoms with E-state index in [0.717, 1.165) is 11.4 Å². The minimum atomic E-state index is -0.530. The van der Waals surface area contributed by atoms with Crippen LogP contribution in [0, 0.1) is 0 Å². The Hall–Kier alpha value is -1.78. The van der Waals surface area contributed by atoms with Crippen molar-refractivity contribution in [3.8, 4) is 0 Å². The predicted molar refractivity (Wildman–Crippen MR) is 50.2 cm³/mol. The van der Waals surface area contributed by atoms with E-state index in [1.807, 2.05) is 12.1 Å². The highest BCUT2D eigenvalue weighted by Crippen LogP contribution is 2.03. The van der Waals surface area contributed by atoms with E-state index < -0.39 is 6.03 Å². The summed E-state index contributed by atoms with van der Waals surface area (Å²) in [4.78, 5) is 14.4. The van der Waals surface area contributed by atoms with Crippen molar-refractivity contribution in [3.05, 3.63) is 23.9 Å². The summed E-state index contributed by atoms with van der Waals surface area (Å²) in [5.41, 5.74) is 5.83. The van der Waals surface area contributed by atoms with Crippen LogP contribution in [0.1, 0.15) is 5.56 Å². The number of hydrogen-bond donors (Lipinski definition) is 3. The number of nitrogens with one attached hydrogen (secondary N) is 2.